The molecule has 1 heterocycles. The van der Waals surface area contributed by atoms with Crippen LogP contribution < -0.4 is 5.73 Å². The highest BCUT2D eigenvalue weighted by Crippen LogP contribution is 2.44. The highest BCUT2D eigenvalue weighted by molar-refractivity contribution is 6.08. The molecule has 1 fully saturated rings. The number of hydrogen-bond donors (Lipinski definition) is 1. The largest absolute Gasteiger partial charge is 0.350 e. The number of amides is 2. The van der Waals surface area contributed by atoms with E-state index in [4.69, 9.17) is 5.73 Å². The van der Waals surface area contributed by atoms with Gasteiger partial charge in [0.1, 0.15) is 0 Å². The summed E-state index contributed by atoms with van der Waals surface area (Å²) in [6, 6.07) is 11.2. The van der Waals surface area contributed by atoms with Crippen LogP contribution in [0, 0.1) is 26.1 Å². The fourth-order valence-electron chi connectivity index (χ4n) is 4.20. The van der Waals surface area contributed by atoms with Crippen molar-refractivity contribution in [3.63, 3.8) is 0 Å². The molecule has 2 N–H and O–H groups in total. The highest BCUT2D eigenvalue weighted by Gasteiger charge is 2.43. The Morgan fingerprint density at radius 3 is 2.16 bits per heavy atom. The number of hydrogen-bond acceptors (Lipinski definition) is 6. The Balaban J connectivity index is 1.68. The first kappa shape index (κ1) is 20.2. The average Bonchev–Trinajstić information content (AvgIpc) is 3.15. The van der Waals surface area contributed by atoms with E-state index in [-0.39, 0.29) is 17.3 Å². The van der Waals surface area contributed by atoms with Crippen LogP contribution in [0.2, 0.25) is 0 Å². The molecule has 4 rings (SSSR count). The third kappa shape index (κ3) is 3.87. The van der Waals surface area contributed by atoms with Crippen molar-refractivity contribution in [1.29, 1.82) is 0 Å². The third-order valence-electron chi connectivity index (χ3n) is 5.62. The summed E-state index contributed by atoms with van der Waals surface area (Å²) >= 11 is 0. The predicted octanol–water partition coefficient (Wildman–Crippen LogP) is 4.18. The van der Waals surface area contributed by atoms with E-state index in [2.05, 4.69) is 5.10 Å². The van der Waals surface area contributed by atoms with Crippen molar-refractivity contribution in [3.8, 4) is 0 Å². The number of benzene rings is 2. The summed E-state index contributed by atoms with van der Waals surface area (Å²) in [6.45, 7) is 0. The van der Waals surface area contributed by atoms with Crippen molar-refractivity contribution in [2.45, 2.75) is 25.3 Å². The lowest BCUT2D eigenvalue weighted by atomic mass is 9.77. The van der Waals surface area contributed by atoms with Crippen molar-refractivity contribution >= 4 is 29.2 Å². The Morgan fingerprint density at radius 2 is 1.61 bits per heavy atom. The quantitative estimate of drug-likeness (QED) is 0.581. The van der Waals surface area contributed by atoms with Crippen LogP contribution in [0.3, 0.4) is 0 Å². The lowest BCUT2D eigenvalue weighted by molar-refractivity contribution is -0.385. The second kappa shape index (κ2) is 7.98. The van der Waals surface area contributed by atoms with Crippen molar-refractivity contribution in [1.82, 2.24) is 5.01 Å². The number of fused-ring (bicyclic) bond motifs is 1. The van der Waals surface area contributed by atoms with Gasteiger partial charge in [-0.25, -0.2) is 9.80 Å². The number of nitrogens with two attached hydrogens (primary N) is 1. The van der Waals surface area contributed by atoms with Gasteiger partial charge >= 0.3 is 6.03 Å². The first-order chi connectivity index (χ1) is 14.8. The summed E-state index contributed by atoms with van der Waals surface area (Å²) in [7, 11) is 0. The Hall–Kier alpha value is -4.08. The van der Waals surface area contributed by atoms with Crippen LogP contribution in [0.1, 0.15) is 36.4 Å². The highest BCUT2D eigenvalue weighted by atomic mass is 16.6. The number of carbonyl (C=O) groups excluding carboxylic acids is 1. The topological polar surface area (TPSA) is 145 Å². The standard InChI is InChI=1S/C21H19N5O5/c22-21(27)24-20(14-6-10-17(11-7-14)26(30)31)18-3-1-2-15(19(18)23-24)12-13-4-8-16(9-5-13)25(28)29/h4-12,18,20H,1-3H2,(H2,22,27)/b15-12+/t18-,20-/m1/s1. The minimum Gasteiger partial charge on any atom is -0.350 e. The third-order valence-corrected chi connectivity index (χ3v) is 5.62. The van der Waals surface area contributed by atoms with E-state index in [9.17, 15) is 25.0 Å². The van der Waals surface area contributed by atoms with Gasteiger partial charge in [0.2, 0.25) is 0 Å². The van der Waals surface area contributed by atoms with Gasteiger partial charge in [-0.2, -0.15) is 5.10 Å². The molecular weight excluding hydrogens is 402 g/mol. The van der Waals surface area contributed by atoms with E-state index in [0.717, 1.165) is 41.7 Å². The zero-order valence-corrected chi connectivity index (χ0v) is 16.4. The van der Waals surface area contributed by atoms with Crippen molar-refractivity contribution in [2.75, 3.05) is 0 Å². The molecule has 2 aromatic carbocycles. The summed E-state index contributed by atoms with van der Waals surface area (Å²) in [5, 5.41) is 27.6. The first-order valence-corrected chi connectivity index (χ1v) is 9.72. The molecule has 10 nitrogen and oxygen atoms in total. The van der Waals surface area contributed by atoms with Crippen LogP contribution in [0.15, 0.2) is 59.2 Å². The fourth-order valence-corrected chi connectivity index (χ4v) is 4.20. The van der Waals surface area contributed by atoms with E-state index < -0.39 is 21.9 Å². The molecule has 2 atom stereocenters. The van der Waals surface area contributed by atoms with Crippen LogP contribution in [-0.4, -0.2) is 26.6 Å². The number of hydrazone groups is 1. The molecule has 1 aliphatic carbocycles. The second-order valence-corrected chi connectivity index (χ2v) is 7.48. The zero-order chi connectivity index (χ0) is 22.1. The van der Waals surface area contributed by atoms with Gasteiger partial charge in [0.15, 0.2) is 0 Å². The zero-order valence-electron chi connectivity index (χ0n) is 16.4. The summed E-state index contributed by atoms with van der Waals surface area (Å²) in [4.78, 5) is 33.0. The number of carbonyl (C=O) groups is 1. The maximum Gasteiger partial charge on any atom is 0.335 e. The number of nitro groups is 2. The molecule has 1 aliphatic heterocycles. The summed E-state index contributed by atoms with van der Waals surface area (Å²) in [5.41, 5.74) is 8.80. The first-order valence-electron chi connectivity index (χ1n) is 9.72. The van der Waals surface area contributed by atoms with Crippen molar-refractivity contribution < 1.29 is 14.6 Å². The number of urea groups is 1. The molecule has 0 saturated heterocycles. The minimum atomic E-state index is -0.695. The van der Waals surface area contributed by atoms with Gasteiger partial charge in [0.05, 0.1) is 21.6 Å². The van der Waals surface area contributed by atoms with Crippen molar-refractivity contribution in [3.05, 3.63) is 85.5 Å². The SMILES string of the molecule is NC(=O)N1N=C2/C(=C/c3ccc([N+](=O)[O-])cc3)CCC[C@H]2[C@H]1c1ccc([N+](=O)[O-])cc1. The smallest absolute Gasteiger partial charge is 0.335 e. The van der Waals surface area contributed by atoms with Gasteiger partial charge in [-0.15, -0.1) is 0 Å². The van der Waals surface area contributed by atoms with E-state index in [1.54, 1.807) is 24.3 Å². The van der Waals surface area contributed by atoms with Crippen molar-refractivity contribution in [2.24, 2.45) is 16.8 Å². The van der Waals surface area contributed by atoms with Crippen LogP contribution >= 0.6 is 0 Å². The normalized spacial score (nSPS) is 21.5. The number of nitro benzene ring substituents is 2. The number of non-ortho nitro benzene ring substituents is 2. The number of nitrogens with zero attached hydrogens (tertiary/aromatic N) is 4. The Bertz CT molecular complexity index is 1110. The molecule has 10 heteroatoms. The molecule has 158 valence electrons. The molecule has 0 radical (unpaired) electrons. The number of allylic oxidation sites excluding steroid dienone is 1. The van der Waals surface area contributed by atoms with Gasteiger partial charge < -0.3 is 5.73 Å². The molecule has 1 saturated carbocycles. The van der Waals surface area contributed by atoms with Crippen LogP contribution in [0.25, 0.3) is 6.08 Å². The van der Waals surface area contributed by atoms with Crippen LogP contribution in [-0.2, 0) is 0 Å². The summed E-state index contributed by atoms with van der Waals surface area (Å²) < 4.78 is 0. The Labute approximate surface area is 177 Å². The van der Waals surface area contributed by atoms with Gasteiger partial charge in [-0.3, -0.25) is 20.2 Å². The van der Waals surface area contributed by atoms with E-state index in [0.29, 0.717) is 0 Å². The van der Waals surface area contributed by atoms with Gasteiger partial charge in [-0.05, 0) is 54.2 Å². The van der Waals surface area contributed by atoms with Gasteiger partial charge in [-0.1, -0.05) is 12.1 Å². The molecule has 0 aromatic heterocycles. The molecule has 0 bridgehead atoms. The lowest BCUT2D eigenvalue weighted by Gasteiger charge is -2.28. The predicted molar refractivity (Wildman–Crippen MR) is 113 cm³/mol. The van der Waals surface area contributed by atoms with Crippen LogP contribution in [0.5, 0.6) is 0 Å². The maximum atomic E-state index is 12.1. The molecule has 2 aromatic rings. The lowest BCUT2D eigenvalue weighted by Crippen LogP contribution is -2.35. The number of primary amides is 1. The van der Waals surface area contributed by atoms with E-state index in [1.807, 2.05) is 6.08 Å². The molecule has 2 aliphatic rings. The molecular formula is C21H19N5O5. The Kier molecular flexibility index (Phi) is 5.20. The monoisotopic (exact) mass is 421 g/mol. The molecule has 31 heavy (non-hydrogen) atoms. The van der Waals surface area contributed by atoms with E-state index >= 15 is 0 Å². The second-order valence-electron chi connectivity index (χ2n) is 7.48. The van der Waals surface area contributed by atoms with E-state index in [1.165, 1.54) is 29.3 Å². The van der Waals surface area contributed by atoms with Crippen LogP contribution in [0.4, 0.5) is 16.2 Å². The maximum absolute atomic E-state index is 12.1. The molecule has 0 unspecified atom stereocenters. The van der Waals surface area contributed by atoms with Gasteiger partial charge in [0.25, 0.3) is 11.4 Å². The summed E-state index contributed by atoms with van der Waals surface area (Å²) in [5.74, 6) is -0.0907. The molecule has 2 amide bonds. The number of rotatable bonds is 4. The Morgan fingerprint density at radius 1 is 1.03 bits per heavy atom. The summed E-state index contributed by atoms with van der Waals surface area (Å²) in [6.07, 6.45) is 4.35. The molecule has 0 spiro atoms. The average molecular weight is 421 g/mol. The fraction of sp³-hybridized carbons (Fsp3) is 0.238. The van der Waals surface area contributed by atoms with Gasteiger partial charge in [0, 0.05) is 30.2 Å². The minimum absolute atomic E-state index is 0.0139.